The van der Waals surface area contributed by atoms with Crippen molar-refractivity contribution in [3.05, 3.63) is 194 Å². The van der Waals surface area contributed by atoms with E-state index in [0.29, 0.717) is 0 Å². The highest BCUT2D eigenvalue weighted by Gasteiger charge is 2.20. The van der Waals surface area contributed by atoms with Crippen molar-refractivity contribution in [2.75, 3.05) is 0 Å². The number of hydrogen-bond acceptors (Lipinski definition) is 0. The Morgan fingerprint density at radius 3 is 1.67 bits per heavy atom. The number of fused-ring (bicyclic) bond motifs is 6. The smallest absolute Gasteiger partial charge is 0.0633 e. The molecule has 0 radical (unpaired) electrons. The molecule has 0 aromatic heterocycles. The molecule has 10 aromatic rings. The normalized spacial score (nSPS) is 11.8. The molecular formula is C50H34Si. The van der Waals surface area contributed by atoms with Gasteiger partial charge in [0.2, 0.25) is 0 Å². The first-order valence-corrected chi connectivity index (χ1v) is 19.2. The molecule has 10 rings (SSSR count). The lowest BCUT2D eigenvalue weighted by Crippen LogP contribution is -2.26. The Hall–Kier alpha value is -6.28. The van der Waals surface area contributed by atoms with Gasteiger partial charge in [-0.15, -0.1) is 0 Å². The number of benzene rings is 10. The Morgan fingerprint density at radius 1 is 0.255 bits per heavy atom. The van der Waals surface area contributed by atoms with Gasteiger partial charge in [-0.25, -0.2) is 0 Å². The molecule has 0 fully saturated rings. The average Bonchev–Trinajstić information content (AvgIpc) is 3.20. The van der Waals surface area contributed by atoms with E-state index in [1.807, 2.05) is 0 Å². The quantitative estimate of drug-likeness (QED) is 0.0977. The van der Waals surface area contributed by atoms with Crippen LogP contribution in [0.2, 0.25) is 0 Å². The second-order valence-corrected chi connectivity index (χ2v) is 15.6. The fourth-order valence-electron chi connectivity index (χ4n) is 8.35. The molecule has 0 amide bonds. The summed E-state index contributed by atoms with van der Waals surface area (Å²) in [5.74, 6) is 0. The first kappa shape index (κ1) is 29.6. The maximum Gasteiger partial charge on any atom is 0.0875 e. The molecule has 51 heavy (non-hydrogen) atoms. The van der Waals surface area contributed by atoms with Gasteiger partial charge in [0.1, 0.15) is 0 Å². The number of rotatable bonds is 5. The van der Waals surface area contributed by atoms with Crippen LogP contribution in [0.5, 0.6) is 0 Å². The first-order chi connectivity index (χ1) is 25.3. The predicted molar refractivity (Wildman–Crippen MR) is 225 cm³/mol. The van der Waals surface area contributed by atoms with Gasteiger partial charge in [0.05, 0.1) is 9.52 Å². The molecule has 0 aliphatic heterocycles. The van der Waals surface area contributed by atoms with Crippen molar-refractivity contribution in [3.8, 4) is 33.4 Å². The van der Waals surface area contributed by atoms with Crippen LogP contribution in [0.25, 0.3) is 87.2 Å². The van der Waals surface area contributed by atoms with Crippen LogP contribution in [0, 0.1) is 0 Å². The van der Waals surface area contributed by atoms with E-state index in [0.717, 1.165) is 0 Å². The Kier molecular flexibility index (Phi) is 7.11. The summed E-state index contributed by atoms with van der Waals surface area (Å²) < 4.78 is 0. The van der Waals surface area contributed by atoms with Gasteiger partial charge in [-0.3, -0.25) is 0 Å². The molecule has 0 spiro atoms. The van der Waals surface area contributed by atoms with Crippen LogP contribution < -0.4 is 10.4 Å². The third kappa shape index (κ3) is 5.05. The molecule has 0 N–H and O–H groups in total. The molecule has 0 aliphatic carbocycles. The zero-order valence-corrected chi connectivity index (χ0v) is 29.6. The molecule has 0 saturated carbocycles. The lowest BCUT2D eigenvalue weighted by molar-refractivity contribution is 1.63. The molecule has 0 nitrogen and oxygen atoms in total. The van der Waals surface area contributed by atoms with Crippen molar-refractivity contribution in [3.63, 3.8) is 0 Å². The Bertz CT molecular complexity index is 2930. The molecule has 10 aromatic carbocycles. The maximum atomic E-state index is 2.53. The van der Waals surface area contributed by atoms with E-state index >= 15 is 0 Å². The van der Waals surface area contributed by atoms with Crippen molar-refractivity contribution in [2.45, 2.75) is 0 Å². The summed E-state index contributed by atoms with van der Waals surface area (Å²) in [6.45, 7) is 0. The zero-order chi connectivity index (χ0) is 33.7. The Labute approximate surface area is 300 Å². The van der Waals surface area contributed by atoms with E-state index in [4.69, 9.17) is 0 Å². The third-order valence-corrected chi connectivity index (χ3v) is 12.4. The van der Waals surface area contributed by atoms with Gasteiger partial charge in [0.25, 0.3) is 0 Å². The van der Waals surface area contributed by atoms with Crippen LogP contribution in [-0.2, 0) is 0 Å². The van der Waals surface area contributed by atoms with Gasteiger partial charge in [-0.05, 0) is 99.4 Å². The maximum absolute atomic E-state index is 2.53. The Balaban J connectivity index is 1.30. The van der Waals surface area contributed by atoms with Gasteiger partial charge < -0.3 is 0 Å². The standard InChI is InChI=1S/C50H34Si/c1-2-19-37(20-3-1)51-38-28-29-46-48(32-38)50(47-31-35-15-5-7-22-41(35)42-23-8-9-24-43(42)47)45-26-11-10-25-44(45)49(46)36-18-12-17-34(30-36)40-27-13-16-33-14-4-6-21-39(33)40/h1-32H,51H2. The van der Waals surface area contributed by atoms with Gasteiger partial charge in [-0.2, -0.15) is 0 Å². The highest BCUT2D eigenvalue weighted by molar-refractivity contribution is 6.67. The molecule has 0 aliphatic rings. The number of hydrogen-bond donors (Lipinski definition) is 0. The van der Waals surface area contributed by atoms with Crippen LogP contribution in [0.1, 0.15) is 0 Å². The van der Waals surface area contributed by atoms with Crippen molar-refractivity contribution in [1.82, 2.24) is 0 Å². The monoisotopic (exact) mass is 662 g/mol. The van der Waals surface area contributed by atoms with Crippen molar-refractivity contribution in [2.24, 2.45) is 0 Å². The van der Waals surface area contributed by atoms with Crippen LogP contribution in [0.4, 0.5) is 0 Å². The lowest BCUT2D eigenvalue weighted by atomic mass is 9.83. The molecular weight excluding hydrogens is 629 g/mol. The fourth-order valence-corrected chi connectivity index (χ4v) is 9.87. The molecule has 0 atom stereocenters. The van der Waals surface area contributed by atoms with Crippen LogP contribution in [-0.4, -0.2) is 9.52 Å². The minimum absolute atomic E-state index is 0.681. The van der Waals surface area contributed by atoms with Crippen LogP contribution >= 0.6 is 0 Å². The second-order valence-electron chi connectivity index (χ2n) is 13.6. The van der Waals surface area contributed by atoms with Gasteiger partial charge in [0.15, 0.2) is 0 Å². The summed E-state index contributed by atoms with van der Waals surface area (Å²) in [6, 6.07) is 72.2. The van der Waals surface area contributed by atoms with Crippen LogP contribution in [0.15, 0.2) is 194 Å². The van der Waals surface area contributed by atoms with E-state index in [1.165, 1.54) is 97.6 Å². The highest BCUT2D eigenvalue weighted by Crippen LogP contribution is 2.46. The zero-order valence-electron chi connectivity index (χ0n) is 28.2. The van der Waals surface area contributed by atoms with Crippen molar-refractivity contribution < 1.29 is 0 Å². The molecule has 1 heteroatoms. The second kappa shape index (κ2) is 12.2. The minimum Gasteiger partial charge on any atom is -0.0633 e. The molecule has 0 unspecified atom stereocenters. The topological polar surface area (TPSA) is 0 Å². The summed E-state index contributed by atoms with van der Waals surface area (Å²) in [5.41, 5.74) is 7.65. The average molecular weight is 663 g/mol. The molecule has 0 bridgehead atoms. The highest BCUT2D eigenvalue weighted by atomic mass is 28.2. The van der Waals surface area contributed by atoms with Crippen LogP contribution in [0.3, 0.4) is 0 Å². The van der Waals surface area contributed by atoms with E-state index < -0.39 is 9.52 Å². The predicted octanol–water partition coefficient (Wildman–Crippen LogP) is 11.6. The summed E-state index contributed by atoms with van der Waals surface area (Å²) in [5, 5.41) is 15.8. The van der Waals surface area contributed by atoms with E-state index in [2.05, 4.69) is 194 Å². The Morgan fingerprint density at radius 2 is 0.843 bits per heavy atom. The first-order valence-electron chi connectivity index (χ1n) is 17.8. The SMILES string of the molecule is c1ccc([SiH2]c2ccc3c(-c4cccc(-c5cccc6ccccc56)c4)c4ccccc4c(-c4cc5ccccc5c5ccccc45)c3c2)cc1. The van der Waals surface area contributed by atoms with Crippen molar-refractivity contribution >= 4 is 73.8 Å². The summed E-state index contributed by atoms with van der Waals surface area (Å²) >= 11 is 0. The fraction of sp³-hybridized carbons (Fsp3) is 0. The van der Waals surface area contributed by atoms with Gasteiger partial charge >= 0.3 is 0 Å². The lowest BCUT2D eigenvalue weighted by Gasteiger charge is -2.21. The summed E-state index contributed by atoms with van der Waals surface area (Å²) in [7, 11) is -0.681. The molecule has 0 heterocycles. The largest absolute Gasteiger partial charge is 0.0875 e. The van der Waals surface area contributed by atoms with Gasteiger partial charge in [-0.1, -0.05) is 192 Å². The summed E-state index contributed by atoms with van der Waals surface area (Å²) in [4.78, 5) is 0. The van der Waals surface area contributed by atoms with Crippen molar-refractivity contribution in [1.29, 1.82) is 0 Å². The van der Waals surface area contributed by atoms with E-state index in [1.54, 1.807) is 0 Å². The van der Waals surface area contributed by atoms with E-state index in [9.17, 15) is 0 Å². The van der Waals surface area contributed by atoms with E-state index in [-0.39, 0.29) is 0 Å². The minimum atomic E-state index is -0.681. The molecule has 238 valence electrons. The summed E-state index contributed by atoms with van der Waals surface area (Å²) in [6.07, 6.45) is 0. The van der Waals surface area contributed by atoms with Gasteiger partial charge in [0, 0.05) is 0 Å². The third-order valence-electron chi connectivity index (χ3n) is 10.6. The molecule has 0 saturated heterocycles.